The maximum absolute atomic E-state index is 12.4. The van der Waals surface area contributed by atoms with Crippen LogP contribution in [0.5, 0.6) is 5.75 Å². The van der Waals surface area contributed by atoms with Gasteiger partial charge in [0.05, 0.1) is 13.2 Å². The van der Waals surface area contributed by atoms with Gasteiger partial charge in [0.25, 0.3) is 0 Å². The van der Waals surface area contributed by atoms with Gasteiger partial charge in [0.2, 0.25) is 11.9 Å². The Hall–Kier alpha value is -2.45. The standard InChI is InChI=1S/C16H22N6O2/c1-9(2)14-17-16(22-21-14)18-15(23)12-8-11(19-20-12)10-6-4-5-7-13(10)24-3/h4-7,9,11-12,19-20H,8H2,1-3H3,(H2,17,18,21,22,23). The first-order valence-electron chi connectivity index (χ1n) is 7.95. The predicted octanol–water partition coefficient (Wildman–Crippen LogP) is 1.48. The molecule has 1 aliphatic rings. The van der Waals surface area contributed by atoms with Crippen molar-refractivity contribution in [1.29, 1.82) is 0 Å². The van der Waals surface area contributed by atoms with Crippen molar-refractivity contribution in [2.75, 3.05) is 12.4 Å². The van der Waals surface area contributed by atoms with Crippen LogP contribution in [-0.4, -0.2) is 34.2 Å². The lowest BCUT2D eigenvalue weighted by Gasteiger charge is -2.13. The molecular weight excluding hydrogens is 308 g/mol. The topological polar surface area (TPSA) is 104 Å². The molecule has 0 spiro atoms. The molecule has 2 heterocycles. The van der Waals surface area contributed by atoms with E-state index in [0.717, 1.165) is 17.1 Å². The van der Waals surface area contributed by atoms with E-state index in [1.165, 1.54) is 0 Å². The molecule has 0 bridgehead atoms. The third-order valence-electron chi connectivity index (χ3n) is 4.02. The summed E-state index contributed by atoms with van der Waals surface area (Å²) in [6.07, 6.45) is 0.605. The lowest BCUT2D eigenvalue weighted by atomic mass is 10.0. The minimum absolute atomic E-state index is 0.00438. The van der Waals surface area contributed by atoms with Gasteiger partial charge < -0.3 is 4.74 Å². The molecule has 8 heteroatoms. The Morgan fingerprint density at radius 2 is 2.12 bits per heavy atom. The number of hydrogen-bond donors (Lipinski definition) is 4. The molecular formula is C16H22N6O2. The Morgan fingerprint density at radius 1 is 1.33 bits per heavy atom. The maximum atomic E-state index is 12.4. The van der Waals surface area contributed by atoms with Crippen LogP contribution in [0.3, 0.4) is 0 Å². The Balaban J connectivity index is 1.63. The number of hydrazine groups is 1. The van der Waals surface area contributed by atoms with E-state index in [9.17, 15) is 4.79 Å². The second kappa shape index (κ2) is 6.98. The molecule has 3 rings (SSSR count). The molecule has 1 aliphatic heterocycles. The summed E-state index contributed by atoms with van der Waals surface area (Å²) in [7, 11) is 1.64. The van der Waals surface area contributed by atoms with E-state index < -0.39 is 0 Å². The first-order valence-corrected chi connectivity index (χ1v) is 7.95. The third-order valence-corrected chi connectivity index (χ3v) is 4.02. The number of anilines is 1. The summed E-state index contributed by atoms with van der Waals surface area (Å²) in [6.45, 7) is 4.01. The van der Waals surface area contributed by atoms with E-state index >= 15 is 0 Å². The van der Waals surface area contributed by atoms with Crippen molar-refractivity contribution in [1.82, 2.24) is 26.0 Å². The molecule has 0 saturated carbocycles. The SMILES string of the molecule is COc1ccccc1C1CC(C(=O)Nc2n[nH]c(C(C)C)n2)NN1. The number of aromatic nitrogens is 3. The normalized spacial score (nSPS) is 20.3. The Bertz CT molecular complexity index is 714. The zero-order valence-corrected chi connectivity index (χ0v) is 14.0. The zero-order valence-electron chi connectivity index (χ0n) is 14.0. The van der Waals surface area contributed by atoms with Crippen LogP contribution in [-0.2, 0) is 4.79 Å². The van der Waals surface area contributed by atoms with E-state index in [1.807, 2.05) is 38.1 Å². The minimum atomic E-state index is -0.374. The van der Waals surface area contributed by atoms with Gasteiger partial charge >= 0.3 is 0 Å². The highest BCUT2D eigenvalue weighted by Gasteiger charge is 2.32. The van der Waals surface area contributed by atoms with Gasteiger partial charge in [0.15, 0.2) is 0 Å². The van der Waals surface area contributed by atoms with Crippen LogP contribution in [0.15, 0.2) is 24.3 Å². The van der Waals surface area contributed by atoms with Crippen molar-refractivity contribution >= 4 is 11.9 Å². The van der Waals surface area contributed by atoms with Gasteiger partial charge in [-0.1, -0.05) is 32.0 Å². The summed E-state index contributed by atoms with van der Waals surface area (Å²) in [5, 5.41) is 9.57. The molecule has 0 aliphatic carbocycles. The zero-order chi connectivity index (χ0) is 17.1. The molecule has 1 amide bonds. The van der Waals surface area contributed by atoms with Gasteiger partial charge in [-0.2, -0.15) is 4.98 Å². The van der Waals surface area contributed by atoms with E-state index in [0.29, 0.717) is 12.4 Å². The highest BCUT2D eigenvalue weighted by atomic mass is 16.5. The first-order chi connectivity index (χ1) is 11.6. The summed E-state index contributed by atoms with van der Waals surface area (Å²) < 4.78 is 5.38. The van der Waals surface area contributed by atoms with Crippen LogP contribution < -0.4 is 20.9 Å². The molecule has 0 radical (unpaired) electrons. The van der Waals surface area contributed by atoms with Crippen molar-refractivity contribution in [2.45, 2.75) is 38.3 Å². The van der Waals surface area contributed by atoms with Gasteiger partial charge in [-0.3, -0.25) is 15.2 Å². The summed E-state index contributed by atoms with van der Waals surface area (Å²) in [4.78, 5) is 16.6. The van der Waals surface area contributed by atoms with Crippen molar-refractivity contribution in [3.63, 3.8) is 0 Å². The highest BCUT2D eigenvalue weighted by Crippen LogP contribution is 2.30. The number of hydrogen-bond acceptors (Lipinski definition) is 6. The van der Waals surface area contributed by atoms with Crippen LogP contribution >= 0.6 is 0 Å². The molecule has 1 aromatic carbocycles. The number of H-pyrrole nitrogens is 1. The molecule has 4 N–H and O–H groups in total. The predicted molar refractivity (Wildman–Crippen MR) is 89.5 cm³/mol. The Labute approximate surface area is 140 Å². The lowest BCUT2D eigenvalue weighted by Crippen LogP contribution is -2.39. The second-order valence-corrected chi connectivity index (χ2v) is 6.06. The highest BCUT2D eigenvalue weighted by molar-refractivity contribution is 5.93. The molecule has 128 valence electrons. The van der Waals surface area contributed by atoms with Crippen molar-refractivity contribution in [3.8, 4) is 5.75 Å². The van der Waals surface area contributed by atoms with Crippen LogP contribution in [0.4, 0.5) is 5.95 Å². The summed E-state index contributed by atoms with van der Waals surface area (Å²) >= 11 is 0. The number of benzene rings is 1. The summed E-state index contributed by atoms with van der Waals surface area (Å²) in [5.41, 5.74) is 7.19. The van der Waals surface area contributed by atoms with Gasteiger partial charge in [0, 0.05) is 11.5 Å². The monoisotopic (exact) mass is 330 g/mol. The van der Waals surface area contributed by atoms with Crippen LogP contribution in [0.1, 0.15) is 43.6 Å². The van der Waals surface area contributed by atoms with E-state index in [-0.39, 0.29) is 23.9 Å². The number of nitrogens with zero attached hydrogens (tertiary/aromatic N) is 2. The number of amides is 1. The fourth-order valence-electron chi connectivity index (χ4n) is 2.67. The number of para-hydroxylation sites is 1. The van der Waals surface area contributed by atoms with Crippen molar-refractivity contribution in [3.05, 3.63) is 35.7 Å². The van der Waals surface area contributed by atoms with Gasteiger partial charge in [-0.15, -0.1) is 5.10 Å². The largest absolute Gasteiger partial charge is 0.496 e. The van der Waals surface area contributed by atoms with Crippen LogP contribution in [0, 0.1) is 0 Å². The molecule has 2 aromatic rings. The van der Waals surface area contributed by atoms with Gasteiger partial charge in [0.1, 0.15) is 17.6 Å². The number of methoxy groups -OCH3 is 1. The molecule has 2 atom stereocenters. The van der Waals surface area contributed by atoms with Gasteiger partial charge in [-0.25, -0.2) is 10.9 Å². The Kier molecular flexibility index (Phi) is 4.77. The fraction of sp³-hybridized carbons (Fsp3) is 0.438. The van der Waals surface area contributed by atoms with E-state index in [4.69, 9.17) is 4.74 Å². The molecule has 1 aromatic heterocycles. The number of aromatic amines is 1. The average Bonchev–Trinajstić information content (AvgIpc) is 3.24. The van der Waals surface area contributed by atoms with E-state index in [1.54, 1.807) is 7.11 Å². The minimum Gasteiger partial charge on any atom is -0.496 e. The van der Waals surface area contributed by atoms with Gasteiger partial charge in [-0.05, 0) is 12.5 Å². The summed E-state index contributed by atoms with van der Waals surface area (Å²) in [5.74, 6) is 1.90. The second-order valence-electron chi connectivity index (χ2n) is 6.06. The smallest absolute Gasteiger partial charge is 0.248 e. The van der Waals surface area contributed by atoms with Crippen molar-refractivity contribution < 1.29 is 9.53 Å². The number of carbonyl (C=O) groups excluding carboxylic acids is 1. The number of ether oxygens (including phenoxy) is 1. The number of rotatable bonds is 5. The first kappa shape index (κ1) is 16.4. The third kappa shape index (κ3) is 3.39. The van der Waals surface area contributed by atoms with E-state index in [2.05, 4.69) is 31.3 Å². The maximum Gasteiger partial charge on any atom is 0.248 e. The Morgan fingerprint density at radius 3 is 2.83 bits per heavy atom. The lowest BCUT2D eigenvalue weighted by molar-refractivity contribution is -0.117. The number of carbonyl (C=O) groups is 1. The van der Waals surface area contributed by atoms with Crippen LogP contribution in [0.25, 0.3) is 0 Å². The van der Waals surface area contributed by atoms with Crippen molar-refractivity contribution in [2.24, 2.45) is 0 Å². The van der Waals surface area contributed by atoms with Crippen LogP contribution in [0.2, 0.25) is 0 Å². The molecule has 8 nitrogen and oxygen atoms in total. The quantitative estimate of drug-likeness (QED) is 0.662. The average molecular weight is 330 g/mol. The fourth-order valence-corrected chi connectivity index (χ4v) is 2.67. The molecule has 1 fully saturated rings. The molecule has 1 saturated heterocycles. The number of nitrogens with one attached hydrogen (secondary N) is 4. The summed E-state index contributed by atoms with van der Waals surface area (Å²) in [6, 6.07) is 7.39. The molecule has 2 unspecified atom stereocenters. The molecule has 24 heavy (non-hydrogen) atoms.